The molecule has 0 aliphatic carbocycles. The second-order valence-corrected chi connectivity index (χ2v) is 8.34. The maximum absolute atomic E-state index is 15.1. The van der Waals surface area contributed by atoms with Crippen molar-refractivity contribution in [1.29, 1.82) is 0 Å². The van der Waals surface area contributed by atoms with Gasteiger partial charge < -0.3 is 14.8 Å². The number of hydrogen-bond acceptors (Lipinski definition) is 4. The van der Waals surface area contributed by atoms with E-state index < -0.39 is 35.3 Å². The Bertz CT molecular complexity index is 947. The molecule has 168 valence electrons. The first-order chi connectivity index (χ1) is 14.4. The predicted octanol–water partition coefficient (Wildman–Crippen LogP) is 5.77. The van der Waals surface area contributed by atoms with Crippen molar-refractivity contribution in [3.63, 3.8) is 0 Å². The zero-order valence-corrected chi connectivity index (χ0v) is 18.8. The van der Waals surface area contributed by atoms with Crippen molar-refractivity contribution in [3.05, 3.63) is 58.7 Å². The quantitative estimate of drug-likeness (QED) is 0.588. The van der Waals surface area contributed by atoms with E-state index in [0.717, 1.165) is 0 Å². The van der Waals surface area contributed by atoms with Gasteiger partial charge in [0.05, 0.1) is 19.1 Å². The molecule has 0 bridgehead atoms. The summed E-state index contributed by atoms with van der Waals surface area (Å²) in [7, 11) is 0. The largest absolute Gasteiger partial charge is 0.466 e. The summed E-state index contributed by atoms with van der Waals surface area (Å²) in [6, 6.07) is 6.62. The minimum atomic E-state index is -1.06. The van der Waals surface area contributed by atoms with Crippen LogP contribution in [-0.4, -0.2) is 24.3 Å². The topological polar surface area (TPSA) is 64.6 Å². The highest BCUT2D eigenvalue weighted by atomic mass is 19.1. The van der Waals surface area contributed by atoms with Gasteiger partial charge in [-0.1, -0.05) is 12.1 Å². The van der Waals surface area contributed by atoms with Crippen molar-refractivity contribution < 1.29 is 27.8 Å². The fraction of sp³-hybridized carbons (Fsp3) is 0.417. The van der Waals surface area contributed by atoms with Gasteiger partial charge >= 0.3 is 12.1 Å². The van der Waals surface area contributed by atoms with Crippen LogP contribution in [0.4, 0.5) is 13.6 Å². The fourth-order valence-corrected chi connectivity index (χ4v) is 3.27. The lowest BCUT2D eigenvalue weighted by atomic mass is 9.92. The smallest absolute Gasteiger partial charge is 0.408 e. The molecule has 2 aromatic carbocycles. The first-order valence-corrected chi connectivity index (χ1v) is 10.1. The average Bonchev–Trinajstić information content (AvgIpc) is 2.62. The number of ether oxygens (including phenoxy) is 2. The molecule has 0 aliphatic rings. The van der Waals surface area contributed by atoms with Gasteiger partial charge in [-0.15, -0.1) is 0 Å². The Labute approximate surface area is 181 Å². The molecule has 1 atom stereocenters. The van der Waals surface area contributed by atoms with Crippen molar-refractivity contribution in [2.24, 2.45) is 0 Å². The molecular formula is C24H29F2NO4. The van der Waals surface area contributed by atoms with Crippen LogP contribution in [-0.2, 0) is 14.3 Å². The third-order valence-electron chi connectivity index (χ3n) is 4.54. The zero-order chi connectivity index (χ0) is 23.3. The van der Waals surface area contributed by atoms with Crippen molar-refractivity contribution in [3.8, 4) is 11.1 Å². The number of hydrogen-bond donors (Lipinski definition) is 1. The zero-order valence-electron chi connectivity index (χ0n) is 18.8. The molecule has 1 N–H and O–H groups in total. The Morgan fingerprint density at radius 2 is 1.77 bits per heavy atom. The standard InChI is InChI=1S/C24H29F2NO4/c1-7-30-20(28)13-19(27-23(29)31-24(4,5)6)17-12-16(11-15(3)22(17)26)21-14(2)9-8-10-18(21)25/h8-12,19H,7,13H2,1-6H3,(H,27,29). The van der Waals surface area contributed by atoms with Gasteiger partial charge in [0.15, 0.2) is 0 Å². The molecule has 31 heavy (non-hydrogen) atoms. The number of amides is 1. The van der Waals surface area contributed by atoms with Crippen molar-refractivity contribution in [2.45, 2.75) is 59.6 Å². The molecule has 0 radical (unpaired) electrons. The molecule has 0 saturated carbocycles. The van der Waals surface area contributed by atoms with Gasteiger partial charge in [-0.25, -0.2) is 13.6 Å². The monoisotopic (exact) mass is 433 g/mol. The molecule has 1 amide bonds. The normalized spacial score (nSPS) is 12.3. The summed E-state index contributed by atoms with van der Waals surface area (Å²) in [6.07, 6.45) is -1.10. The van der Waals surface area contributed by atoms with Crippen LogP contribution >= 0.6 is 0 Å². The minimum Gasteiger partial charge on any atom is -0.466 e. The van der Waals surface area contributed by atoms with Crippen LogP contribution in [0.3, 0.4) is 0 Å². The number of halogens is 2. The van der Waals surface area contributed by atoms with Crippen LogP contribution in [0.1, 0.15) is 56.8 Å². The Morgan fingerprint density at radius 1 is 1.10 bits per heavy atom. The van der Waals surface area contributed by atoms with Crippen molar-refractivity contribution in [1.82, 2.24) is 5.32 Å². The van der Waals surface area contributed by atoms with Crippen LogP contribution < -0.4 is 5.32 Å². The molecule has 0 spiro atoms. The molecule has 2 aromatic rings. The van der Waals surface area contributed by atoms with E-state index in [9.17, 15) is 14.0 Å². The van der Waals surface area contributed by atoms with E-state index in [0.29, 0.717) is 16.7 Å². The first kappa shape index (κ1) is 24.3. The van der Waals surface area contributed by atoms with Crippen LogP contribution in [0, 0.1) is 25.5 Å². The number of benzene rings is 2. The van der Waals surface area contributed by atoms with E-state index in [4.69, 9.17) is 9.47 Å². The number of nitrogens with one attached hydrogen (secondary N) is 1. The Balaban J connectivity index is 2.54. The summed E-state index contributed by atoms with van der Waals surface area (Å²) in [5, 5.41) is 2.56. The third-order valence-corrected chi connectivity index (χ3v) is 4.54. The second kappa shape index (κ2) is 9.90. The summed E-state index contributed by atoms with van der Waals surface area (Å²) in [5.41, 5.74) is 0.994. The number of aryl methyl sites for hydroxylation is 2. The van der Waals surface area contributed by atoms with Crippen molar-refractivity contribution in [2.75, 3.05) is 6.61 Å². The predicted molar refractivity (Wildman–Crippen MR) is 115 cm³/mol. The van der Waals surface area contributed by atoms with Crippen molar-refractivity contribution >= 4 is 12.1 Å². The Morgan fingerprint density at radius 3 is 2.35 bits per heavy atom. The number of carbonyl (C=O) groups excluding carboxylic acids is 2. The van der Waals surface area contributed by atoms with Gasteiger partial charge in [-0.3, -0.25) is 4.79 Å². The summed E-state index contributed by atoms with van der Waals surface area (Å²) in [6.45, 7) is 10.2. The maximum atomic E-state index is 15.1. The summed E-state index contributed by atoms with van der Waals surface area (Å²) < 4.78 is 39.9. The van der Waals surface area contributed by atoms with Gasteiger partial charge in [0.1, 0.15) is 17.2 Å². The van der Waals surface area contributed by atoms with Crippen LogP contribution in [0.25, 0.3) is 11.1 Å². The number of esters is 1. The molecule has 0 saturated heterocycles. The van der Waals surface area contributed by atoms with E-state index in [2.05, 4.69) is 5.32 Å². The molecular weight excluding hydrogens is 404 g/mol. The lowest BCUT2D eigenvalue weighted by Gasteiger charge is -2.24. The molecule has 0 heterocycles. The van der Waals surface area contributed by atoms with E-state index >= 15 is 4.39 Å². The van der Waals surface area contributed by atoms with E-state index in [-0.39, 0.29) is 24.2 Å². The highest BCUT2D eigenvalue weighted by molar-refractivity contribution is 5.75. The molecule has 0 fully saturated rings. The van der Waals surface area contributed by atoms with Gasteiger partial charge in [0.2, 0.25) is 0 Å². The molecule has 0 aliphatic heterocycles. The number of rotatable bonds is 6. The summed E-state index contributed by atoms with van der Waals surface area (Å²) in [5.74, 6) is -1.64. The second-order valence-electron chi connectivity index (χ2n) is 8.34. The van der Waals surface area contributed by atoms with E-state index in [1.165, 1.54) is 12.1 Å². The lowest BCUT2D eigenvalue weighted by Crippen LogP contribution is -2.36. The highest BCUT2D eigenvalue weighted by Gasteiger charge is 2.27. The highest BCUT2D eigenvalue weighted by Crippen LogP contribution is 2.33. The first-order valence-electron chi connectivity index (χ1n) is 10.1. The van der Waals surface area contributed by atoms with Crippen LogP contribution in [0.15, 0.2) is 30.3 Å². The average molecular weight is 433 g/mol. The Kier molecular flexibility index (Phi) is 7.76. The summed E-state index contributed by atoms with van der Waals surface area (Å²) >= 11 is 0. The SMILES string of the molecule is CCOC(=O)CC(NC(=O)OC(C)(C)C)c1cc(-c2c(C)cccc2F)cc(C)c1F. The molecule has 7 heteroatoms. The van der Waals surface area contributed by atoms with Gasteiger partial charge in [-0.05, 0) is 76.4 Å². The van der Waals surface area contributed by atoms with Gasteiger partial charge in [0, 0.05) is 11.1 Å². The van der Waals surface area contributed by atoms with Gasteiger partial charge in [0.25, 0.3) is 0 Å². The van der Waals surface area contributed by atoms with Crippen LogP contribution in [0.5, 0.6) is 0 Å². The molecule has 1 unspecified atom stereocenters. The number of alkyl carbamates (subject to hydrolysis) is 1. The maximum Gasteiger partial charge on any atom is 0.408 e. The lowest BCUT2D eigenvalue weighted by molar-refractivity contribution is -0.143. The Hall–Kier alpha value is -2.96. The number of carbonyl (C=O) groups is 2. The van der Waals surface area contributed by atoms with Gasteiger partial charge in [-0.2, -0.15) is 0 Å². The minimum absolute atomic E-state index is 0.0524. The third kappa shape index (κ3) is 6.51. The molecule has 5 nitrogen and oxygen atoms in total. The molecule has 0 aromatic heterocycles. The van der Waals surface area contributed by atoms with Crippen LogP contribution in [0.2, 0.25) is 0 Å². The van der Waals surface area contributed by atoms with E-state index in [1.54, 1.807) is 59.7 Å². The summed E-state index contributed by atoms with van der Waals surface area (Å²) in [4.78, 5) is 24.5. The van der Waals surface area contributed by atoms with E-state index in [1.807, 2.05) is 0 Å². The molecule has 2 rings (SSSR count). The fourth-order valence-electron chi connectivity index (χ4n) is 3.27.